The molecule has 2 heterocycles. The molecule has 1 aromatic heterocycles. The number of anilines is 2. The average Bonchev–Trinajstić information content (AvgIpc) is 3.53. The Morgan fingerprint density at radius 3 is 1.67 bits per heavy atom. The molecule has 1 aliphatic heterocycles. The molecule has 0 radical (unpaired) electrons. The maximum absolute atomic E-state index is 12.7. The SMILES string of the molecule is BC1=C(c2cccc3ccccc23)C(O)=C2CC(=C1B)N(c1ccc(-c3ccccc3-n3c4ccccc4c4ccccc43)cc1)c1c(O)c(O)c(-c3cccc4ccccc34)c(O)c1S2. The Hall–Kier alpha value is -8.00. The van der Waals surface area contributed by atoms with Crippen molar-refractivity contribution in [3.8, 4) is 45.2 Å². The number of phenolic OH excluding ortho intramolecular Hbond substituents is 3. The number of benzene rings is 9. The van der Waals surface area contributed by atoms with E-state index in [-0.39, 0.29) is 34.9 Å². The third-order valence-electron chi connectivity index (χ3n) is 13.5. The molecule has 0 amide bonds. The van der Waals surface area contributed by atoms with Gasteiger partial charge in [-0.05, 0) is 68.6 Å². The Labute approximate surface area is 387 Å². The van der Waals surface area contributed by atoms with Crippen molar-refractivity contribution in [2.24, 2.45) is 0 Å². The molecular weight excluding hydrogens is 830 g/mol. The van der Waals surface area contributed by atoms with E-state index in [0.29, 0.717) is 26.6 Å². The molecule has 4 N–H and O–H groups in total. The summed E-state index contributed by atoms with van der Waals surface area (Å²) in [4.78, 5) is 2.88. The highest BCUT2D eigenvalue weighted by Gasteiger charge is 2.38. The molecule has 9 heteroatoms. The number of rotatable bonds is 5. The molecule has 10 aromatic rings. The van der Waals surface area contributed by atoms with Crippen molar-refractivity contribution in [3.63, 3.8) is 0 Å². The van der Waals surface area contributed by atoms with Gasteiger partial charge in [-0.2, -0.15) is 0 Å². The molecule has 9 aromatic carbocycles. The fourth-order valence-corrected chi connectivity index (χ4v) is 11.4. The molecule has 12 rings (SSSR count). The van der Waals surface area contributed by atoms with Crippen LogP contribution in [-0.4, -0.2) is 40.7 Å². The minimum absolute atomic E-state index is 0.103. The second-order valence-electron chi connectivity index (χ2n) is 17.0. The zero-order valence-electron chi connectivity index (χ0n) is 36.1. The molecule has 0 atom stereocenters. The van der Waals surface area contributed by atoms with Gasteiger partial charge in [-0.3, -0.25) is 0 Å². The predicted molar refractivity (Wildman–Crippen MR) is 278 cm³/mol. The van der Waals surface area contributed by atoms with Gasteiger partial charge in [0.05, 0.1) is 27.2 Å². The summed E-state index contributed by atoms with van der Waals surface area (Å²) in [5.74, 6) is -0.895. The van der Waals surface area contributed by atoms with E-state index >= 15 is 0 Å². The van der Waals surface area contributed by atoms with Crippen LogP contribution in [0, 0.1) is 0 Å². The Morgan fingerprint density at radius 1 is 0.470 bits per heavy atom. The fraction of sp³-hybridized carbons (Fsp3) is 0.0175. The number of nitrogens with zero attached hydrogens (tertiary/aromatic N) is 2. The number of para-hydroxylation sites is 3. The summed E-state index contributed by atoms with van der Waals surface area (Å²) in [5.41, 5.74) is 11.1. The number of aromatic hydroxyl groups is 3. The van der Waals surface area contributed by atoms with Crippen LogP contribution < -0.4 is 4.90 Å². The summed E-state index contributed by atoms with van der Waals surface area (Å²) in [5, 5.41) is 56.2. The summed E-state index contributed by atoms with van der Waals surface area (Å²) in [6.45, 7) is 0. The lowest BCUT2D eigenvalue weighted by molar-refractivity contribution is 0.396. The lowest BCUT2D eigenvalue weighted by Crippen LogP contribution is -2.19. The third-order valence-corrected chi connectivity index (χ3v) is 14.7. The first kappa shape index (κ1) is 39.6. The highest BCUT2D eigenvalue weighted by Crippen LogP contribution is 2.62. The molecule has 0 saturated carbocycles. The number of hydrogen-bond acceptors (Lipinski definition) is 6. The summed E-state index contributed by atoms with van der Waals surface area (Å²) in [6.07, 6.45) is 0.282. The number of aromatic nitrogens is 1. The van der Waals surface area contributed by atoms with Gasteiger partial charge in [-0.25, -0.2) is 0 Å². The summed E-state index contributed by atoms with van der Waals surface area (Å²) in [7, 11) is 4.08. The van der Waals surface area contributed by atoms with E-state index in [9.17, 15) is 20.4 Å². The van der Waals surface area contributed by atoms with Crippen molar-refractivity contribution in [2.75, 3.05) is 4.90 Å². The molecule has 314 valence electrons. The van der Waals surface area contributed by atoms with Crippen LogP contribution in [0.4, 0.5) is 11.4 Å². The number of aliphatic hydroxyl groups is 1. The van der Waals surface area contributed by atoms with Gasteiger partial charge in [0.25, 0.3) is 0 Å². The van der Waals surface area contributed by atoms with Crippen LogP contribution in [0.2, 0.25) is 0 Å². The molecule has 1 aliphatic carbocycles. The standard InChI is InChI=1S/C57H40B2N2O4S/c58-50-46-31-47(53(62)48(51(50)59)41-22-11-15-32-13-1-3-17-36(32)41)66-57-52(56(65)54(63)49(55(57)64)42-23-12-16-33-14-2-4-18-37(33)42)60(46)35-29-27-34(28-30-35)38-19-5-8-24-43(38)61-44-25-9-6-20-39(44)40-21-7-10-26-45(40)61/h1-30,62-65H,31,58-59H2. The molecule has 2 bridgehead atoms. The summed E-state index contributed by atoms with van der Waals surface area (Å²) >= 11 is 1.22. The van der Waals surface area contributed by atoms with E-state index in [1.54, 1.807) is 0 Å². The average molecular weight is 871 g/mol. The zero-order chi connectivity index (χ0) is 44.8. The van der Waals surface area contributed by atoms with Gasteiger partial charge >= 0.3 is 0 Å². The van der Waals surface area contributed by atoms with Crippen LogP contribution in [0.1, 0.15) is 12.0 Å². The van der Waals surface area contributed by atoms with Crippen LogP contribution in [0.15, 0.2) is 214 Å². The Balaban J connectivity index is 1.09. The topological polar surface area (TPSA) is 89.1 Å². The minimum Gasteiger partial charge on any atom is -0.506 e. The van der Waals surface area contributed by atoms with Crippen LogP contribution in [0.3, 0.4) is 0 Å². The maximum Gasteiger partial charge on any atom is 0.184 e. The second-order valence-corrected chi connectivity index (χ2v) is 18.1. The van der Waals surface area contributed by atoms with E-state index in [1.165, 1.54) is 22.5 Å². The first-order valence-electron chi connectivity index (χ1n) is 22.0. The predicted octanol–water partition coefficient (Wildman–Crippen LogP) is 12.8. The molecule has 0 spiro atoms. The molecule has 2 aliphatic rings. The van der Waals surface area contributed by atoms with Gasteiger partial charge in [-0.15, -0.1) is 0 Å². The van der Waals surface area contributed by atoms with Gasteiger partial charge in [0.1, 0.15) is 32.9 Å². The third kappa shape index (κ3) is 5.93. The summed E-state index contributed by atoms with van der Waals surface area (Å²) in [6, 6.07) is 61.5. The Morgan fingerprint density at radius 2 is 1.00 bits per heavy atom. The Bertz CT molecular complexity index is 3730. The van der Waals surface area contributed by atoms with Gasteiger partial charge in [0.2, 0.25) is 0 Å². The number of allylic oxidation sites excluding steroid dienone is 4. The maximum atomic E-state index is 12.7. The van der Waals surface area contributed by atoms with Crippen molar-refractivity contribution >= 4 is 87.8 Å². The minimum atomic E-state index is -0.431. The van der Waals surface area contributed by atoms with E-state index < -0.39 is 5.75 Å². The van der Waals surface area contributed by atoms with Crippen molar-refractivity contribution in [2.45, 2.75) is 11.3 Å². The number of hydrogen-bond donors (Lipinski definition) is 4. The number of aliphatic hydroxyl groups excluding tert-OH is 1. The lowest BCUT2D eigenvalue weighted by Gasteiger charge is -2.31. The van der Waals surface area contributed by atoms with Crippen LogP contribution in [-0.2, 0) is 0 Å². The monoisotopic (exact) mass is 870 g/mol. The smallest absolute Gasteiger partial charge is 0.184 e. The van der Waals surface area contributed by atoms with Crippen molar-refractivity contribution in [3.05, 3.63) is 215 Å². The van der Waals surface area contributed by atoms with Crippen molar-refractivity contribution in [1.29, 1.82) is 0 Å². The first-order valence-corrected chi connectivity index (χ1v) is 22.9. The van der Waals surface area contributed by atoms with Gasteiger partial charge in [0, 0.05) is 44.6 Å². The molecule has 0 saturated heterocycles. The van der Waals surface area contributed by atoms with E-state index in [2.05, 4.69) is 108 Å². The quantitative estimate of drug-likeness (QED) is 0.0783. The van der Waals surface area contributed by atoms with E-state index in [0.717, 1.165) is 71.6 Å². The van der Waals surface area contributed by atoms with Crippen molar-refractivity contribution in [1.82, 2.24) is 4.57 Å². The van der Waals surface area contributed by atoms with Gasteiger partial charge in [0.15, 0.2) is 11.5 Å². The van der Waals surface area contributed by atoms with Crippen molar-refractivity contribution < 1.29 is 20.4 Å². The zero-order valence-corrected chi connectivity index (χ0v) is 36.9. The van der Waals surface area contributed by atoms with Crippen LogP contribution in [0.5, 0.6) is 17.2 Å². The molecular formula is C57H40B2N2O4S. The molecule has 6 nitrogen and oxygen atoms in total. The van der Waals surface area contributed by atoms with Crippen LogP contribution in [0.25, 0.3) is 76.9 Å². The largest absolute Gasteiger partial charge is 0.506 e. The molecule has 66 heavy (non-hydrogen) atoms. The molecule has 0 fully saturated rings. The number of phenols is 3. The van der Waals surface area contributed by atoms with E-state index in [4.69, 9.17) is 0 Å². The van der Waals surface area contributed by atoms with Crippen LogP contribution >= 0.6 is 11.8 Å². The Kier molecular flexibility index (Phi) is 9.19. The number of thioether (sulfide) groups is 1. The number of fused-ring (bicyclic) bond motifs is 8. The summed E-state index contributed by atoms with van der Waals surface area (Å²) < 4.78 is 2.33. The van der Waals surface area contributed by atoms with Gasteiger partial charge < -0.3 is 29.9 Å². The van der Waals surface area contributed by atoms with E-state index in [1.807, 2.05) is 99.5 Å². The highest BCUT2D eigenvalue weighted by atomic mass is 32.2. The highest BCUT2D eigenvalue weighted by molar-refractivity contribution is 8.03. The molecule has 0 unspecified atom stereocenters. The first-order chi connectivity index (χ1) is 32.3. The van der Waals surface area contributed by atoms with Gasteiger partial charge in [-0.1, -0.05) is 174 Å². The second kappa shape index (κ2) is 15.3. The normalized spacial score (nSPS) is 14.1. The lowest BCUT2D eigenvalue weighted by atomic mass is 9.72. The fourth-order valence-electron chi connectivity index (χ4n) is 10.3.